The van der Waals surface area contributed by atoms with Crippen LogP contribution in [0.4, 0.5) is 5.82 Å². The molecule has 1 aliphatic rings. The summed E-state index contributed by atoms with van der Waals surface area (Å²) in [5.74, 6) is 0.389. The van der Waals surface area contributed by atoms with E-state index in [9.17, 15) is 0 Å². The van der Waals surface area contributed by atoms with Gasteiger partial charge in [0, 0.05) is 13.5 Å². The predicted molar refractivity (Wildman–Crippen MR) is 74.0 cm³/mol. The van der Waals surface area contributed by atoms with Gasteiger partial charge in [-0.05, 0) is 6.42 Å². The molecule has 7 nitrogen and oxygen atoms in total. The molecule has 2 N–H and O–H groups in total. The van der Waals surface area contributed by atoms with E-state index in [2.05, 4.69) is 21.9 Å². The first kappa shape index (κ1) is 13.3. The molecule has 7 heteroatoms. The zero-order chi connectivity index (χ0) is 14.1. The number of nitrogen functional groups attached to an aromatic ring is 1. The summed E-state index contributed by atoms with van der Waals surface area (Å²) in [6.07, 6.45) is 6.11. The van der Waals surface area contributed by atoms with Gasteiger partial charge in [0.1, 0.15) is 18.1 Å². The summed E-state index contributed by atoms with van der Waals surface area (Å²) in [5.41, 5.74) is 7.12. The van der Waals surface area contributed by atoms with Gasteiger partial charge in [-0.15, -0.1) is 0 Å². The van der Waals surface area contributed by atoms with E-state index in [0.717, 1.165) is 19.3 Å². The second-order valence-electron chi connectivity index (χ2n) is 5.01. The number of rotatable bonds is 4. The normalized spacial score (nSPS) is 26.4. The van der Waals surface area contributed by atoms with Gasteiger partial charge >= 0.3 is 0 Å². The first-order chi connectivity index (χ1) is 9.74. The molecule has 0 radical (unpaired) electrons. The molecule has 3 rings (SSSR count). The summed E-state index contributed by atoms with van der Waals surface area (Å²) in [5, 5.41) is 0. The van der Waals surface area contributed by atoms with Gasteiger partial charge in [0.05, 0.1) is 18.5 Å². The van der Waals surface area contributed by atoms with Crippen LogP contribution in [0.15, 0.2) is 12.7 Å². The highest BCUT2D eigenvalue weighted by molar-refractivity contribution is 5.81. The number of hydrogen-bond acceptors (Lipinski definition) is 6. The highest BCUT2D eigenvalue weighted by Crippen LogP contribution is 2.34. The molecule has 0 amide bonds. The van der Waals surface area contributed by atoms with E-state index in [1.54, 1.807) is 13.4 Å². The first-order valence-corrected chi connectivity index (χ1v) is 6.85. The fraction of sp³-hybridized carbons (Fsp3) is 0.615. The predicted octanol–water partition coefficient (Wildman–Crippen LogP) is 1.51. The Bertz CT molecular complexity index is 599. The molecule has 0 saturated carbocycles. The number of nitrogens with zero attached hydrogens (tertiary/aromatic N) is 4. The van der Waals surface area contributed by atoms with Crippen LogP contribution in [0, 0.1) is 0 Å². The summed E-state index contributed by atoms with van der Waals surface area (Å²) >= 11 is 0. The molecule has 1 fully saturated rings. The number of hydrogen-bond donors (Lipinski definition) is 1. The molecule has 2 aromatic heterocycles. The number of methoxy groups -OCH3 is 1. The Morgan fingerprint density at radius 3 is 3.05 bits per heavy atom. The van der Waals surface area contributed by atoms with Crippen LogP contribution in [-0.2, 0) is 9.47 Å². The molecule has 20 heavy (non-hydrogen) atoms. The van der Waals surface area contributed by atoms with Crippen molar-refractivity contribution < 1.29 is 9.47 Å². The Morgan fingerprint density at radius 2 is 2.30 bits per heavy atom. The molecule has 0 aromatic carbocycles. The van der Waals surface area contributed by atoms with Gasteiger partial charge < -0.3 is 15.2 Å². The third-order valence-corrected chi connectivity index (χ3v) is 3.75. The van der Waals surface area contributed by atoms with Gasteiger partial charge in [-0.3, -0.25) is 4.57 Å². The maximum atomic E-state index is 6.09. The lowest BCUT2D eigenvalue weighted by molar-refractivity contribution is -0.0300. The number of aromatic nitrogens is 4. The van der Waals surface area contributed by atoms with E-state index < -0.39 is 0 Å². The summed E-state index contributed by atoms with van der Waals surface area (Å²) in [6.45, 7) is 2.14. The van der Waals surface area contributed by atoms with Crippen molar-refractivity contribution in [3.63, 3.8) is 0 Å². The molecule has 0 aliphatic carbocycles. The third-order valence-electron chi connectivity index (χ3n) is 3.75. The maximum absolute atomic E-state index is 6.09. The topological polar surface area (TPSA) is 88.1 Å². The van der Waals surface area contributed by atoms with Crippen molar-refractivity contribution in [2.24, 2.45) is 0 Å². The van der Waals surface area contributed by atoms with Crippen LogP contribution in [0.3, 0.4) is 0 Å². The first-order valence-electron chi connectivity index (χ1n) is 6.85. The Morgan fingerprint density at radius 1 is 1.45 bits per heavy atom. The van der Waals surface area contributed by atoms with E-state index >= 15 is 0 Å². The molecule has 2 aromatic rings. The van der Waals surface area contributed by atoms with E-state index in [4.69, 9.17) is 15.2 Å². The Labute approximate surface area is 117 Å². The van der Waals surface area contributed by atoms with Crippen LogP contribution < -0.4 is 5.73 Å². The molecule has 1 saturated heterocycles. The lowest BCUT2D eigenvalue weighted by Crippen LogP contribution is -2.22. The van der Waals surface area contributed by atoms with Gasteiger partial charge in [-0.2, -0.15) is 0 Å². The average Bonchev–Trinajstić information content (AvgIpc) is 3.03. The third kappa shape index (κ3) is 2.12. The number of fused-ring (bicyclic) bond motifs is 1. The van der Waals surface area contributed by atoms with Crippen LogP contribution in [-0.4, -0.2) is 38.8 Å². The van der Waals surface area contributed by atoms with Crippen LogP contribution >= 0.6 is 0 Å². The summed E-state index contributed by atoms with van der Waals surface area (Å²) in [4.78, 5) is 12.5. The fourth-order valence-corrected chi connectivity index (χ4v) is 2.74. The molecule has 3 atom stereocenters. The Hall–Kier alpha value is -1.73. The minimum Gasteiger partial charge on any atom is -0.382 e. The maximum Gasteiger partial charge on any atom is 0.167 e. The molecule has 108 valence electrons. The van der Waals surface area contributed by atoms with Crippen LogP contribution in [0.5, 0.6) is 0 Å². The van der Waals surface area contributed by atoms with Crippen molar-refractivity contribution in [2.45, 2.75) is 44.6 Å². The molecular weight excluding hydrogens is 258 g/mol. The Kier molecular flexibility index (Phi) is 3.54. The lowest BCUT2D eigenvalue weighted by atomic mass is 10.1. The van der Waals surface area contributed by atoms with E-state index in [0.29, 0.717) is 17.0 Å². The Balaban J connectivity index is 1.90. The van der Waals surface area contributed by atoms with Crippen molar-refractivity contribution in [3.8, 4) is 0 Å². The van der Waals surface area contributed by atoms with Gasteiger partial charge in [-0.1, -0.05) is 13.3 Å². The standard InChI is InChI=1S/C13H19N5O2/c1-3-4-8-9(19-2)5-10(20-8)18-7-17-11-12(14)15-6-16-13(11)18/h6-10H,3-5H2,1-2H3,(H2,14,15,16)/t8-,9-,10-/m1/s1. The van der Waals surface area contributed by atoms with Gasteiger partial charge in [0.25, 0.3) is 0 Å². The summed E-state index contributed by atoms with van der Waals surface area (Å²) in [6, 6.07) is 0. The minimum absolute atomic E-state index is 0.108. The fourth-order valence-electron chi connectivity index (χ4n) is 2.74. The summed E-state index contributed by atoms with van der Waals surface area (Å²) < 4.78 is 13.5. The van der Waals surface area contributed by atoms with Crippen molar-refractivity contribution in [2.75, 3.05) is 12.8 Å². The largest absolute Gasteiger partial charge is 0.382 e. The van der Waals surface area contributed by atoms with Gasteiger partial charge in [-0.25, -0.2) is 15.0 Å². The zero-order valence-corrected chi connectivity index (χ0v) is 11.7. The van der Waals surface area contributed by atoms with Gasteiger partial charge in [0.2, 0.25) is 0 Å². The smallest absolute Gasteiger partial charge is 0.167 e. The lowest BCUT2D eigenvalue weighted by Gasteiger charge is -2.16. The van der Waals surface area contributed by atoms with Crippen molar-refractivity contribution >= 4 is 17.0 Å². The average molecular weight is 277 g/mol. The molecule has 0 unspecified atom stereocenters. The SMILES string of the molecule is CCC[C@H]1O[C@@H](n2cnc3c(N)ncnc32)C[C@H]1OC. The van der Waals surface area contributed by atoms with Crippen LogP contribution in [0.1, 0.15) is 32.4 Å². The van der Waals surface area contributed by atoms with Crippen LogP contribution in [0.25, 0.3) is 11.2 Å². The second-order valence-corrected chi connectivity index (χ2v) is 5.01. The van der Waals surface area contributed by atoms with Gasteiger partial charge in [0.15, 0.2) is 11.5 Å². The number of imidazole rings is 1. The number of ether oxygens (including phenoxy) is 2. The van der Waals surface area contributed by atoms with E-state index in [-0.39, 0.29) is 18.4 Å². The highest BCUT2D eigenvalue weighted by Gasteiger charge is 2.36. The van der Waals surface area contributed by atoms with Crippen LogP contribution in [0.2, 0.25) is 0 Å². The molecule has 1 aliphatic heterocycles. The molecule has 0 spiro atoms. The van der Waals surface area contributed by atoms with Crippen molar-refractivity contribution in [1.82, 2.24) is 19.5 Å². The van der Waals surface area contributed by atoms with Crippen molar-refractivity contribution in [3.05, 3.63) is 12.7 Å². The number of anilines is 1. The second kappa shape index (κ2) is 5.34. The molecular formula is C13H19N5O2. The zero-order valence-electron chi connectivity index (χ0n) is 11.7. The van der Waals surface area contributed by atoms with Crippen molar-refractivity contribution in [1.29, 1.82) is 0 Å². The van der Waals surface area contributed by atoms with E-state index in [1.807, 2.05) is 4.57 Å². The molecule has 0 bridgehead atoms. The summed E-state index contributed by atoms with van der Waals surface area (Å²) in [7, 11) is 1.73. The molecule has 3 heterocycles. The number of nitrogens with two attached hydrogens (primary N) is 1. The quantitative estimate of drug-likeness (QED) is 0.911. The minimum atomic E-state index is -0.115. The highest BCUT2D eigenvalue weighted by atomic mass is 16.6. The van der Waals surface area contributed by atoms with E-state index in [1.165, 1.54) is 6.33 Å². The monoisotopic (exact) mass is 277 g/mol.